The van der Waals surface area contributed by atoms with Gasteiger partial charge in [0.05, 0.1) is 11.4 Å². The molecule has 0 aliphatic heterocycles. The third-order valence-corrected chi connectivity index (χ3v) is 5.67. The lowest BCUT2D eigenvalue weighted by Crippen LogP contribution is -3.00. The molecule has 9 heteroatoms. The zero-order valence-corrected chi connectivity index (χ0v) is 16.9. The van der Waals surface area contributed by atoms with Crippen LogP contribution in [0.3, 0.4) is 0 Å². The van der Waals surface area contributed by atoms with Crippen molar-refractivity contribution in [2.75, 3.05) is 6.54 Å². The van der Waals surface area contributed by atoms with Crippen molar-refractivity contribution in [2.45, 2.75) is 30.2 Å². The number of quaternary nitrogens is 1. The molecule has 0 aliphatic rings. The number of sulfonamides is 1. The standard InChI is InChI=1S/C18H21ClN2O4S.ClH/c19-15-8-4-13(5-9-15)14-6-10-16(11-7-14)26(24,25)21-17(18(22)23)3-1-2-12-20;/h4-11,17,21H,1-3,12,20H2,(H,22,23);1H/t17-;/m1./s1. The van der Waals surface area contributed by atoms with Crippen molar-refractivity contribution >= 4 is 27.6 Å². The second-order valence-electron chi connectivity index (χ2n) is 5.89. The number of aliphatic carboxylic acids is 1. The molecule has 0 unspecified atom stereocenters. The predicted molar refractivity (Wildman–Crippen MR) is 100 cm³/mol. The third kappa shape index (κ3) is 6.79. The van der Waals surface area contributed by atoms with Crippen LogP contribution in [0, 0.1) is 0 Å². The van der Waals surface area contributed by atoms with Gasteiger partial charge in [0.1, 0.15) is 6.04 Å². The van der Waals surface area contributed by atoms with Crippen molar-refractivity contribution in [2.24, 2.45) is 0 Å². The number of nitrogens with one attached hydrogen (secondary N) is 1. The maximum Gasteiger partial charge on any atom is 0.321 e. The first kappa shape index (κ1) is 23.4. The van der Waals surface area contributed by atoms with Crippen LogP contribution in [0.15, 0.2) is 53.4 Å². The van der Waals surface area contributed by atoms with Crippen molar-refractivity contribution in [3.63, 3.8) is 0 Å². The summed E-state index contributed by atoms with van der Waals surface area (Å²) < 4.78 is 27.2. The molecule has 1 atom stereocenters. The quantitative estimate of drug-likeness (QED) is 0.448. The molecule has 5 N–H and O–H groups in total. The van der Waals surface area contributed by atoms with Crippen LogP contribution in [0.5, 0.6) is 0 Å². The number of hydrogen-bond donors (Lipinski definition) is 3. The van der Waals surface area contributed by atoms with Gasteiger partial charge < -0.3 is 23.2 Å². The molecule has 0 bridgehead atoms. The number of rotatable bonds is 9. The number of hydrogen-bond acceptors (Lipinski definition) is 3. The van der Waals surface area contributed by atoms with Crippen molar-refractivity contribution in [1.82, 2.24) is 4.72 Å². The van der Waals surface area contributed by atoms with Gasteiger partial charge in [-0.15, -0.1) is 0 Å². The van der Waals surface area contributed by atoms with E-state index >= 15 is 0 Å². The molecule has 2 aromatic rings. The highest BCUT2D eigenvalue weighted by Crippen LogP contribution is 2.23. The molecule has 2 rings (SSSR count). The highest BCUT2D eigenvalue weighted by atomic mass is 35.5. The van der Waals surface area contributed by atoms with Gasteiger partial charge in [-0.05, 0) is 54.7 Å². The van der Waals surface area contributed by atoms with Gasteiger partial charge in [-0.25, -0.2) is 8.42 Å². The summed E-state index contributed by atoms with van der Waals surface area (Å²) in [5.41, 5.74) is 5.44. The average Bonchev–Trinajstić information content (AvgIpc) is 2.61. The Morgan fingerprint density at radius 1 is 1.04 bits per heavy atom. The molecule has 0 fully saturated rings. The Bertz CT molecular complexity index is 841. The van der Waals surface area contributed by atoms with Crippen LogP contribution in [0.1, 0.15) is 19.3 Å². The summed E-state index contributed by atoms with van der Waals surface area (Å²) in [7, 11) is -3.91. The molecular formula is C18H22Cl2N2O4S. The van der Waals surface area contributed by atoms with Crippen molar-refractivity contribution in [1.29, 1.82) is 0 Å². The normalized spacial score (nSPS) is 12.2. The monoisotopic (exact) mass is 432 g/mol. The van der Waals surface area contributed by atoms with Crippen LogP contribution in [-0.4, -0.2) is 32.1 Å². The number of benzene rings is 2. The van der Waals surface area contributed by atoms with Gasteiger partial charge in [0.25, 0.3) is 0 Å². The second kappa shape index (κ2) is 10.6. The number of unbranched alkanes of at least 4 members (excludes halogenated alkanes) is 1. The summed E-state index contributed by atoms with van der Waals surface area (Å²) in [6.07, 6.45) is 1.58. The Balaban J connectivity index is 0.00000364. The summed E-state index contributed by atoms with van der Waals surface area (Å²) in [6, 6.07) is 12.3. The summed E-state index contributed by atoms with van der Waals surface area (Å²) in [4.78, 5) is 11.3. The number of carbonyl (C=O) groups is 1. The molecule has 6 nitrogen and oxygen atoms in total. The summed E-state index contributed by atoms with van der Waals surface area (Å²) >= 11 is 5.86. The van der Waals surface area contributed by atoms with Crippen LogP contribution in [0.2, 0.25) is 5.02 Å². The van der Waals surface area contributed by atoms with Gasteiger partial charge in [0.2, 0.25) is 10.0 Å². The van der Waals surface area contributed by atoms with E-state index in [1.165, 1.54) is 12.1 Å². The number of halogens is 2. The lowest BCUT2D eigenvalue weighted by molar-refractivity contribution is -0.368. The second-order valence-corrected chi connectivity index (χ2v) is 8.04. The van der Waals surface area contributed by atoms with Crippen molar-refractivity contribution in [3.05, 3.63) is 53.6 Å². The molecule has 0 radical (unpaired) electrons. The van der Waals surface area contributed by atoms with E-state index in [2.05, 4.69) is 10.5 Å². The smallest absolute Gasteiger partial charge is 0.321 e. The SMILES string of the molecule is [Cl-].[NH3+]CCCC[C@@H](NS(=O)(=O)c1ccc(-c2ccc(Cl)cc2)cc1)C(=O)O. The van der Waals surface area contributed by atoms with E-state index in [0.717, 1.165) is 17.5 Å². The first-order chi connectivity index (χ1) is 12.3. The molecule has 0 spiro atoms. The summed E-state index contributed by atoms with van der Waals surface area (Å²) in [5, 5.41) is 9.87. The first-order valence-electron chi connectivity index (χ1n) is 8.24. The van der Waals surface area contributed by atoms with Gasteiger partial charge >= 0.3 is 5.97 Å². The van der Waals surface area contributed by atoms with Crippen LogP contribution in [0.4, 0.5) is 0 Å². The van der Waals surface area contributed by atoms with E-state index < -0.39 is 22.0 Å². The summed E-state index contributed by atoms with van der Waals surface area (Å²) in [5.74, 6) is -1.18. The maximum atomic E-state index is 12.5. The molecule has 0 aliphatic carbocycles. The first-order valence-corrected chi connectivity index (χ1v) is 10.1. The minimum Gasteiger partial charge on any atom is -1.00 e. The van der Waals surface area contributed by atoms with E-state index in [9.17, 15) is 18.3 Å². The number of carboxylic acids is 1. The van der Waals surface area contributed by atoms with Crippen molar-refractivity contribution < 1.29 is 36.5 Å². The Morgan fingerprint density at radius 2 is 1.56 bits per heavy atom. The minimum absolute atomic E-state index is 0. The highest BCUT2D eigenvalue weighted by molar-refractivity contribution is 7.89. The molecule has 0 saturated heterocycles. The Kier molecular flexibility index (Phi) is 9.21. The summed E-state index contributed by atoms with van der Waals surface area (Å²) in [6.45, 7) is 0.686. The van der Waals surface area contributed by atoms with E-state index in [1.54, 1.807) is 24.3 Å². The van der Waals surface area contributed by atoms with Crippen LogP contribution < -0.4 is 22.9 Å². The molecule has 0 saturated carbocycles. The largest absolute Gasteiger partial charge is 1.00 e. The fourth-order valence-electron chi connectivity index (χ4n) is 2.48. The Morgan fingerprint density at radius 3 is 2.04 bits per heavy atom. The lowest BCUT2D eigenvalue weighted by atomic mass is 10.1. The zero-order chi connectivity index (χ0) is 19.2. The minimum atomic E-state index is -3.91. The van der Waals surface area contributed by atoms with E-state index in [-0.39, 0.29) is 23.7 Å². The maximum absolute atomic E-state index is 12.5. The van der Waals surface area contributed by atoms with Crippen LogP contribution >= 0.6 is 11.6 Å². The fourth-order valence-corrected chi connectivity index (χ4v) is 3.83. The third-order valence-electron chi connectivity index (χ3n) is 3.93. The van der Waals surface area contributed by atoms with Crippen LogP contribution in [0.25, 0.3) is 11.1 Å². The fraction of sp³-hybridized carbons (Fsp3) is 0.278. The molecule has 0 heterocycles. The van der Waals surface area contributed by atoms with Gasteiger partial charge in [0.15, 0.2) is 0 Å². The lowest BCUT2D eigenvalue weighted by Gasteiger charge is -2.14. The molecular weight excluding hydrogens is 411 g/mol. The Hall–Kier alpha value is -1.64. The van der Waals surface area contributed by atoms with E-state index in [0.29, 0.717) is 18.0 Å². The topological polar surface area (TPSA) is 111 Å². The molecule has 27 heavy (non-hydrogen) atoms. The Labute approximate surface area is 170 Å². The molecule has 0 aromatic heterocycles. The molecule has 0 amide bonds. The highest BCUT2D eigenvalue weighted by Gasteiger charge is 2.25. The van der Waals surface area contributed by atoms with Gasteiger partial charge in [0, 0.05) is 5.02 Å². The van der Waals surface area contributed by atoms with Gasteiger partial charge in [-0.3, -0.25) is 4.79 Å². The van der Waals surface area contributed by atoms with Gasteiger partial charge in [-0.2, -0.15) is 4.72 Å². The van der Waals surface area contributed by atoms with Crippen molar-refractivity contribution in [3.8, 4) is 11.1 Å². The zero-order valence-electron chi connectivity index (χ0n) is 14.6. The predicted octanol–water partition coefficient (Wildman–Crippen LogP) is -0.845. The average molecular weight is 433 g/mol. The van der Waals surface area contributed by atoms with E-state index in [4.69, 9.17) is 11.6 Å². The molecule has 148 valence electrons. The van der Waals surface area contributed by atoms with Crippen LogP contribution in [-0.2, 0) is 14.8 Å². The number of carboxylic acid groups (broad SMARTS) is 1. The molecule has 2 aromatic carbocycles. The van der Waals surface area contributed by atoms with Gasteiger partial charge in [-0.1, -0.05) is 35.9 Å². The van der Waals surface area contributed by atoms with E-state index in [1.807, 2.05) is 12.1 Å².